The van der Waals surface area contributed by atoms with Crippen molar-refractivity contribution in [3.8, 4) is 5.75 Å². The second kappa shape index (κ2) is 7.92. The van der Waals surface area contributed by atoms with Crippen molar-refractivity contribution in [1.82, 2.24) is 14.3 Å². The van der Waals surface area contributed by atoms with Gasteiger partial charge in [0, 0.05) is 44.3 Å². The average molecular weight is 348 g/mol. The molecule has 2 heterocycles. The number of β-amino-alcohol motifs (C(OH)–C–C–N with tert-alkyl or cyclic N) is 1. The molecule has 0 bridgehead atoms. The lowest BCUT2D eigenvalue weighted by Crippen LogP contribution is -2.49. The predicted octanol–water partition coefficient (Wildman–Crippen LogP) is 1.72. The fourth-order valence-electron chi connectivity index (χ4n) is 2.71. The van der Waals surface area contributed by atoms with E-state index < -0.39 is 6.10 Å². The predicted molar refractivity (Wildman–Crippen MR) is 96.0 cm³/mol. The summed E-state index contributed by atoms with van der Waals surface area (Å²) in [5, 5.41) is 11.2. The topological polar surface area (TPSA) is 61.7 Å². The summed E-state index contributed by atoms with van der Waals surface area (Å²) in [6.45, 7) is 8.58. The van der Waals surface area contributed by atoms with Crippen molar-refractivity contribution in [2.75, 3.05) is 44.2 Å². The summed E-state index contributed by atoms with van der Waals surface area (Å²) in [5.74, 6) is 1.64. The Balaban J connectivity index is 1.39. The van der Waals surface area contributed by atoms with Crippen LogP contribution in [0.25, 0.3) is 0 Å². The van der Waals surface area contributed by atoms with E-state index in [1.807, 2.05) is 38.1 Å². The van der Waals surface area contributed by atoms with Crippen LogP contribution in [0.5, 0.6) is 5.75 Å². The minimum atomic E-state index is -0.485. The maximum atomic E-state index is 10.2. The van der Waals surface area contributed by atoms with E-state index in [9.17, 15) is 5.11 Å². The number of hydrogen-bond donors (Lipinski definition) is 1. The maximum absolute atomic E-state index is 10.2. The molecule has 0 aliphatic carbocycles. The third-order valence-electron chi connectivity index (χ3n) is 4.09. The van der Waals surface area contributed by atoms with Crippen molar-refractivity contribution in [2.45, 2.75) is 20.0 Å². The van der Waals surface area contributed by atoms with Gasteiger partial charge in [-0.05, 0) is 26.0 Å². The van der Waals surface area contributed by atoms with E-state index >= 15 is 0 Å². The lowest BCUT2D eigenvalue weighted by molar-refractivity contribution is 0.0663. The molecule has 130 valence electrons. The molecule has 24 heavy (non-hydrogen) atoms. The van der Waals surface area contributed by atoms with Gasteiger partial charge in [0.15, 0.2) is 0 Å². The summed E-state index contributed by atoms with van der Waals surface area (Å²) in [4.78, 5) is 8.97. The van der Waals surface area contributed by atoms with Gasteiger partial charge in [-0.15, -0.1) is 0 Å². The Morgan fingerprint density at radius 1 is 1.17 bits per heavy atom. The van der Waals surface area contributed by atoms with Crippen LogP contribution in [0, 0.1) is 13.8 Å². The Hall–Kier alpha value is -1.70. The van der Waals surface area contributed by atoms with Gasteiger partial charge in [-0.2, -0.15) is 4.37 Å². The van der Waals surface area contributed by atoms with Crippen LogP contribution in [0.1, 0.15) is 11.4 Å². The molecule has 0 saturated carbocycles. The molecule has 1 N–H and O–H groups in total. The summed E-state index contributed by atoms with van der Waals surface area (Å²) in [7, 11) is 0. The van der Waals surface area contributed by atoms with Crippen LogP contribution < -0.4 is 9.64 Å². The van der Waals surface area contributed by atoms with Crippen LogP contribution in [0.4, 0.5) is 5.13 Å². The minimum absolute atomic E-state index is 0.318. The van der Waals surface area contributed by atoms with Crippen LogP contribution in [0.2, 0.25) is 0 Å². The van der Waals surface area contributed by atoms with E-state index in [1.54, 1.807) is 0 Å². The molecular weight excluding hydrogens is 324 g/mol. The van der Waals surface area contributed by atoms with Gasteiger partial charge >= 0.3 is 0 Å². The Kier molecular flexibility index (Phi) is 5.65. The molecule has 3 rings (SSSR count). The Labute approximate surface area is 146 Å². The number of nitrogens with zero attached hydrogens (tertiary/aromatic N) is 4. The number of aryl methyl sites for hydroxylation is 2. The van der Waals surface area contributed by atoms with E-state index in [4.69, 9.17) is 4.74 Å². The summed E-state index contributed by atoms with van der Waals surface area (Å²) in [5.41, 5.74) is 1.20. The molecule has 7 heteroatoms. The summed E-state index contributed by atoms with van der Waals surface area (Å²) in [6.07, 6.45) is -0.485. The number of aliphatic hydroxyl groups excluding tert-OH is 1. The van der Waals surface area contributed by atoms with Gasteiger partial charge in [-0.25, -0.2) is 4.98 Å². The Morgan fingerprint density at radius 2 is 1.88 bits per heavy atom. The first kappa shape index (κ1) is 17.1. The van der Waals surface area contributed by atoms with Gasteiger partial charge in [0.05, 0.1) is 0 Å². The summed E-state index contributed by atoms with van der Waals surface area (Å²) < 4.78 is 9.89. The summed E-state index contributed by atoms with van der Waals surface area (Å²) >= 11 is 1.45. The number of aliphatic hydroxyl groups is 1. The van der Waals surface area contributed by atoms with Crippen LogP contribution in [-0.2, 0) is 0 Å². The number of piperazine rings is 1. The minimum Gasteiger partial charge on any atom is -0.491 e. The highest BCUT2D eigenvalue weighted by atomic mass is 32.1. The highest BCUT2D eigenvalue weighted by Crippen LogP contribution is 2.18. The van der Waals surface area contributed by atoms with Crippen molar-refractivity contribution in [3.05, 3.63) is 35.7 Å². The number of anilines is 1. The highest BCUT2D eigenvalue weighted by Gasteiger charge is 2.21. The molecule has 1 fully saturated rings. The molecule has 1 aromatic carbocycles. The first-order chi connectivity index (χ1) is 11.6. The lowest BCUT2D eigenvalue weighted by atomic mass is 10.2. The van der Waals surface area contributed by atoms with Crippen LogP contribution >= 0.6 is 11.5 Å². The van der Waals surface area contributed by atoms with Crippen molar-refractivity contribution >= 4 is 16.7 Å². The standard InChI is InChI=1S/C17H24N4O2S/c1-13-3-5-16(6-4-13)23-12-15(22)11-20-7-9-21(10-8-20)17-18-14(2)19-24-17/h3-6,15,22H,7-12H2,1-2H3. The van der Waals surface area contributed by atoms with Crippen LogP contribution in [0.3, 0.4) is 0 Å². The third-order valence-corrected chi connectivity index (χ3v) is 4.96. The monoisotopic (exact) mass is 348 g/mol. The van der Waals surface area contributed by atoms with Gasteiger partial charge in [0.2, 0.25) is 5.13 Å². The molecule has 1 unspecified atom stereocenters. The average Bonchev–Trinajstić information content (AvgIpc) is 3.01. The van der Waals surface area contributed by atoms with E-state index in [1.165, 1.54) is 17.1 Å². The van der Waals surface area contributed by atoms with Gasteiger partial charge in [0.1, 0.15) is 24.3 Å². The van der Waals surface area contributed by atoms with Gasteiger partial charge in [-0.1, -0.05) is 17.7 Å². The maximum Gasteiger partial charge on any atom is 0.205 e. The largest absolute Gasteiger partial charge is 0.491 e. The molecule has 1 atom stereocenters. The molecule has 0 spiro atoms. The van der Waals surface area contributed by atoms with Crippen LogP contribution in [-0.4, -0.2) is 64.8 Å². The van der Waals surface area contributed by atoms with E-state index in [-0.39, 0.29) is 0 Å². The number of ether oxygens (including phenoxy) is 1. The molecule has 1 aliphatic rings. The molecule has 6 nitrogen and oxygen atoms in total. The quantitative estimate of drug-likeness (QED) is 0.858. The second-order valence-electron chi connectivity index (χ2n) is 6.19. The number of aromatic nitrogens is 2. The first-order valence-electron chi connectivity index (χ1n) is 8.25. The van der Waals surface area contributed by atoms with E-state index in [0.717, 1.165) is 42.9 Å². The zero-order valence-electron chi connectivity index (χ0n) is 14.2. The zero-order valence-corrected chi connectivity index (χ0v) is 15.0. The second-order valence-corrected chi connectivity index (χ2v) is 6.92. The molecule has 0 radical (unpaired) electrons. The normalized spacial score (nSPS) is 17.0. The number of hydrogen-bond acceptors (Lipinski definition) is 7. The molecule has 1 saturated heterocycles. The number of benzene rings is 1. The molecular formula is C17H24N4O2S. The van der Waals surface area contributed by atoms with Gasteiger partial charge < -0.3 is 14.7 Å². The zero-order chi connectivity index (χ0) is 16.9. The van der Waals surface area contributed by atoms with Crippen LogP contribution in [0.15, 0.2) is 24.3 Å². The van der Waals surface area contributed by atoms with Crippen molar-refractivity contribution < 1.29 is 9.84 Å². The van der Waals surface area contributed by atoms with Crippen molar-refractivity contribution in [1.29, 1.82) is 0 Å². The Bertz CT molecular complexity index is 638. The number of rotatable bonds is 6. The molecule has 1 aromatic heterocycles. The fraction of sp³-hybridized carbons (Fsp3) is 0.529. The van der Waals surface area contributed by atoms with Crippen molar-refractivity contribution in [2.24, 2.45) is 0 Å². The van der Waals surface area contributed by atoms with E-state index in [0.29, 0.717) is 13.2 Å². The molecule has 1 aliphatic heterocycles. The Morgan fingerprint density at radius 3 is 2.50 bits per heavy atom. The SMILES string of the molecule is Cc1ccc(OCC(O)CN2CCN(c3nc(C)ns3)CC2)cc1. The van der Waals surface area contributed by atoms with Gasteiger partial charge in [-0.3, -0.25) is 4.90 Å². The fourth-order valence-corrected chi connectivity index (χ4v) is 3.44. The molecule has 2 aromatic rings. The van der Waals surface area contributed by atoms with E-state index in [2.05, 4.69) is 19.2 Å². The third kappa shape index (κ3) is 4.66. The molecule has 0 amide bonds. The van der Waals surface area contributed by atoms with Gasteiger partial charge in [0.25, 0.3) is 0 Å². The highest BCUT2D eigenvalue weighted by molar-refractivity contribution is 7.09. The van der Waals surface area contributed by atoms with Crippen molar-refractivity contribution in [3.63, 3.8) is 0 Å². The summed E-state index contributed by atoms with van der Waals surface area (Å²) in [6, 6.07) is 7.89. The lowest BCUT2D eigenvalue weighted by Gasteiger charge is -2.35. The smallest absolute Gasteiger partial charge is 0.205 e. The first-order valence-corrected chi connectivity index (χ1v) is 9.02.